The highest BCUT2D eigenvalue weighted by Crippen LogP contribution is 2.34. The Hall–Kier alpha value is -1.88. The number of anilines is 1. The van der Waals surface area contributed by atoms with Gasteiger partial charge < -0.3 is 9.80 Å². The van der Waals surface area contributed by atoms with Crippen molar-refractivity contribution in [2.24, 2.45) is 0 Å². The average Bonchev–Trinajstić information content (AvgIpc) is 3.17. The lowest BCUT2D eigenvalue weighted by Gasteiger charge is -2.23. The molecule has 1 unspecified atom stereocenters. The molecule has 2 heterocycles. The number of rotatable bonds is 3. The number of carbonyl (C=O) groups excluding carboxylic acids is 1. The van der Waals surface area contributed by atoms with Crippen LogP contribution in [0.4, 0.5) is 5.69 Å². The van der Waals surface area contributed by atoms with E-state index in [-0.39, 0.29) is 11.9 Å². The highest BCUT2D eigenvalue weighted by molar-refractivity contribution is 7.09. The van der Waals surface area contributed by atoms with Crippen molar-refractivity contribution in [1.29, 1.82) is 0 Å². The number of nitrogens with zero attached hydrogens (tertiary/aromatic N) is 3. The number of hydrogen-bond donors (Lipinski definition) is 0. The minimum absolute atomic E-state index is 0.109. The second kappa shape index (κ2) is 5.85. The molecule has 0 N–H and O–H groups in total. The second-order valence-corrected chi connectivity index (χ2v) is 6.39. The van der Waals surface area contributed by atoms with Crippen LogP contribution in [0.2, 0.25) is 0 Å². The maximum Gasteiger partial charge on any atom is 0.254 e. The van der Waals surface area contributed by atoms with Crippen molar-refractivity contribution in [1.82, 2.24) is 9.88 Å². The molecule has 0 spiro atoms. The molecule has 1 fully saturated rings. The van der Waals surface area contributed by atoms with E-state index < -0.39 is 0 Å². The van der Waals surface area contributed by atoms with E-state index in [1.165, 1.54) is 0 Å². The first-order chi connectivity index (χ1) is 10.2. The SMILES string of the molecule is CN(C)c1ccc(C(=O)N2CCCC2c2nccs2)cc1. The lowest BCUT2D eigenvalue weighted by Crippen LogP contribution is -2.30. The smallest absolute Gasteiger partial charge is 0.254 e. The lowest BCUT2D eigenvalue weighted by molar-refractivity contribution is 0.0735. The van der Waals surface area contributed by atoms with Gasteiger partial charge in [0.05, 0.1) is 6.04 Å². The number of carbonyl (C=O) groups is 1. The summed E-state index contributed by atoms with van der Waals surface area (Å²) in [5.74, 6) is 0.109. The normalized spacial score (nSPS) is 18.0. The van der Waals surface area contributed by atoms with E-state index >= 15 is 0 Å². The van der Waals surface area contributed by atoms with Gasteiger partial charge in [-0.1, -0.05) is 0 Å². The second-order valence-electron chi connectivity index (χ2n) is 5.47. The van der Waals surface area contributed by atoms with E-state index in [0.29, 0.717) is 0 Å². The fourth-order valence-electron chi connectivity index (χ4n) is 2.73. The molecule has 1 aliphatic heterocycles. The summed E-state index contributed by atoms with van der Waals surface area (Å²) < 4.78 is 0. The summed E-state index contributed by atoms with van der Waals surface area (Å²) in [5.41, 5.74) is 1.86. The van der Waals surface area contributed by atoms with Gasteiger partial charge in [0.25, 0.3) is 5.91 Å². The third-order valence-corrected chi connectivity index (χ3v) is 4.76. The number of hydrogen-bond acceptors (Lipinski definition) is 4. The molecule has 110 valence electrons. The number of likely N-dealkylation sites (tertiary alicyclic amines) is 1. The van der Waals surface area contributed by atoms with Crippen molar-refractivity contribution in [3.63, 3.8) is 0 Å². The number of benzene rings is 1. The van der Waals surface area contributed by atoms with Gasteiger partial charge >= 0.3 is 0 Å². The van der Waals surface area contributed by atoms with Crippen molar-refractivity contribution >= 4 is 22.9 Å². The Bertz CT molecular complexity index is 607. The summed E-state index contributed by atoms with van der Waals surface area (Å²) >= 11 is 1.63. The fourth-order valence-corrected chi connectivity index (χ4v) is 3.52. The lowest BCUT2D eigenvalue weighted by atomic mass is 10.1. The van der Waals surface area contributed by atoms with Crippen LogP contribution in [-0.4, -0.2) is 36.4 Å². The van der Waals surface area contributed by atoms with Gasteiger partial charge in [0.2, 0.25) is 0 Å². The van der Waals surface area contributed by atoms with Crippen molar-refractivity contribution in [3.05, 3.63) is 46.4 Å². The number of thiazole rings is 1. The Morgan fingerprint density at radius 3 is 2.71 bits per heavy atom. The zero-order valence-electron chi connectivity index (χ0n) is 12.3. The third kappa shape index (κ3) is 2.78. The van der Waals surface area contributed by atoms with Crippen LogP contribution in [0, 0.1) is 0 Å². The van der Waals surface area contributed by atoms with Crippen LogP contribution in [-0.2, 0) is 0 Å². The van der Waals surface area contributed by atoms with Gasteiger partial charge in [-0.05, 0) is 37.1 Å². The van der Waals surface area contributed by atoms with Gasteiger partial charge in [-0.2, -0.15) is 0 Å². The van der Waals surface area contributed by atoms with Crippen LogP contribution in [0.25, 0.3) is 0 Å². The van der Waals surface area contributed by atoms with Gasteiger partial charge in [0, 0.05) is 43.5 Å². The van der Waals surface area contributed by atoms with Crippen LogP contribution in [0.5, 0.6) is 0 Å². The molecular weight excluding hydrogens is 282 g/mol. The molecule has 5 heteroatoms. The molecule has 1 aromatic heterocycles. The molecule has 1 amide bonds. The molecule has 0 bridgehead atoms. The van der Waals surface area contributed by atoms with Gasteiger partial charge in [-0.3, -0.25) is 4.79 Å². The van der Waals surface area contributed by atoms with E-state index in [0.717, 1.165) is 35.6 Å². The molecule has 0 saturated carbocycles. The largest absolute Gasteiger partial charge is 0.378 e. The summed E-state index contributed by atoms with van der Waals surface area (Å²) in [5, 5.41) is 3.02. The van der Waals surface area contributed by atoms with E-state index in [1.807, 2.05) is 59.7 Å². The topological polar surface area (TPSA) is 36.4 Å². The van der Waals surface area contributed by atoms with Crippen molar-refractivity contribution in [3.8, 4) is 0 Å². The minimum atomic E-state index is 0.109. The van der Waals surface area contributed by atoms with Gasteiger partial charge in [-0.25, -0.2) is 4.98 Å². The van der Waals surface area contributed by atoms with Crippen molar-refractivity contribution < 1.29 is 4.79 Å². The van der Waals surface area contributed by atoms with E-state index in [4.69, 9.17) is 0 Å². The summed E-state index contributed by atoms with van der Waals surface area (Å²) in [7, 11) is 3.99. The quantitative estimate of drug-likeness (QED) is 0.873. The number of aromatic nitrogens is 1. The Morgan fingerprint density at radius 2 is 2.10 bits per heavy atom. The summed E-state index contributed by atoms with van der Waals surface area (Å²) in [6.45, 7) is 0.818. The first-order valence-corrected chi connectivity index (χ1v) is 8.02. The van der Waals surface area contributed by atoms with Crippen LogP contribution in [0.3, 0.4) is 0 Å². The molecule has 0 aliphatic carbocycles. The summed E-state index contributed by atoms with van der Waals surface area (Å²) in [4.78, 5) is 21.1. The first-order valence-electron chi connectivity index (χ1n) is 7.14. The zero-order chi connectivity index (χ0) is 14.8. The predicted molar refractivity (Wildman–Crippen MR) is 85.9 cm³/mol. The average molecular weight is 301 g/mol. The maximum absolute atomic E-state index is 12.7. The van der Waals surface area contributed by atoms with E-state index in [1.54, 1.807) is 11.3 Å². The van der Waals surface area contributed by atoms with Gasteiger partial charge in [0.15, 0.2) is 0 Å². The van der Waals surface area contributed by atoms with Crippen molar-refractivity contribution in [2.45, 2.75) is 18.9 Å². The Labute approximate surface area is 129 Å². The Morgan fingerprint density at radius 1 is 1.33 bits per heavy atom. The summed E-state index contributed by atoms with van der Waals surface area (Å²) in [6, 6.07) is 7.94. The van der Waals surface area contributed by atoms with Crippen LogP contribution in [0.15, 0.2) is 35.8 Å². The fraction of sp³-hybridized carbons (Fsp3) is 0.375. The highest BCUT2D eigenvalue weighted by atomic mass is 32.1. The minimum Gasteiger partial charge on any atom is -0.378 e. The molecule has 2 aromatic rings. The predicted octanol–water partition coefficient (Wildman–Crippen LogP) is 3.19. The molecule has 4 nitrogen and oxygen atoms in total. The van der Waals surface area contributed by atoms with E-state index in [2.05, 4.69) is 4.98 Å². The van der Waals surface area contributed by atoms with Crippen LogP contribution < -0.4 is 4.90 Å². The standard InChI is InChI=1S/C16H19N3OS/c1-18(2)13-7-5-12(6-8-13)16(20)19-10-3-4-14(19)15-17-9-11-21-15/h5-9,11,14H,3-4,10H2,1-2H3. The maximum atomic E-state index is 12.7. The zero-order valence-corrected chi connectivity index (χ0v) is 13.1. The third-order valence-electron chi connectivity index (χ3n) is 3.88. The molecule has 21 heavy (non-hydrogen) atoms. The molecule has 1 aliphatic rings. The summed E-state index contributed by atoms with van der Waals surface area (Å²) in [6.07, 6.45) is 3.87. The monoisotopic (exact) mass is 301 g/mol. The molecule has 1 aromatic carbocycles. The van der Waals surface area contributed by atoms with Crippen molar-refractivity contribution in [2.75, 3.05) is 25.5 Å². The molecule has 1 atom stereocenters. The van der Waals surface area contributed by atoms with Gasteiger partial charge in [0.1, 0.15) is 5.01 Å². The van der Waals surface area contributed by atoms with Crippen LogP contribution >= 0.6 is 11.3 Å². The molecule has 3 rings (SSSR count). The molecule has 0 radical (unpaired) electrons. The van der Waals surface area contributed by atoms with Crippen LogP contribution in [0.1, 0.15) is 34.2 Å². The Balaban J connectivity index is 1.81. The highest BCUT2D eigenvalue weighted by Gasteiger charge is 2.32. The first kappa shape index (κ1) is 14.1. The Kier molecular flexibility index (Phi) is 3.92. The molecule has 1 saturated heterocycles. The number of amides is 1. The van der Waals surface area contributed by atoms with E-state index in [9.17, 15) is 4.79 Å². The molecular formula is C16H19N3OS. The van der Waals surface area contributed by atoms with Gasteiger partial charge in [-0.15, -0.1) is 11.3 Å².